The predicted molar refractivity (Wildman–Crippen MR) is 76.8 cm³/mol. The zero-order valence-electron chi connectivity index (χ0n) is 12.2. The van der Waals surface area contributed by atoms with Crippen LogP contribution in [0.5, 0.6) is 0 Å². The molecule has 0 aliphatic rings. The van der Waals surface area contributed by atoms with Gasteiger partial charge in [-0.3, -0.25) is 4.79 Å². The second-order valence-corrected chi connectivity index (χ2v) is 6.13. The third-order valence-corrected chi connectivity index (χ3v) is 3.91. The van der Waals surface area contributed by atoms with E-state index in [1.165, 1.54) is 5.56 Å². The summed E-state index contributed by atoms with van der Waals surface area (Å²) in [7, 11) is 0. The Hall–Kier alpha value is -1.15. The van der Waals surface area contributed by atoms with Crippen molar-refractivity contribution in [1.82, 2.24) is 0 Å². The molecule has 0 saturated heterocycles. The highest BCUT2D eigenvalue weighted by Gasteiger charge is 2.40. The van der Waals surface area contributed by atoms with Gasteiger partial charge in [0.05, 0.1) is 0 Å². The summed E-state index contributed by atoms with van der Waals surface area (Å²) in [5, 5.41) is 0. The molecule has 0 amide bonds. The largest absolute Gasteiger partial charge is 0.325 e. The van der Waals surface area contributed by atoms with Crippen LogP contribution in [0.4, 0.5) is 0 Å². The van der Waals surface area contributed by atoms with Crippen molar-refractivity contribution in [1.29, 1.82) is 0 Å². The first-order valence-corrected chi connectivity index (χ1v) is 6.62. The summed E-state index contributed by atoms with van der Waals surface area (Å²) in [4.78, 5) is 12.6. The lowest BCUT2D eigenvalue weighted by atomic mass is 9.70. The monoisotopic (exact) mass is 247 g/mol. The molecule has 0 atom stereocenters. The highest BCUT2D eigenvalue weighted by atomic mass is 16.1. The second-order valence-electron chi connectivity index (χ2n) is 6.13. The molecule has 1 rings (SSSR count). The molecular weight excluding hydrogens is 222 g/mol. The fourth-order valence-electron chi connectivity index (χ4n) is 1.81. The molecule has 0 saturated carbocycles. The molecule has 0 aliphatic heterocycles. The van der Waals surface area contributed by atoms with Crippen molar-refractivity contribution in [3.05, 3.63) is 35.4 Å². The van der Waals surface area contributed by atoms with Crippen molar-refractivity contribution >= 4 is 5.78 Å². The van der Waals surface area contributed by atoms with Crippen molar-refractivity contribution < 1.29 is 4.79 Å². The molecule has 0 unspecified atom stereocenters. The first-order chi connectivity index (χ1) is 8.20. The van der Waals surface area contributed by atoms with Gasteiger partial charge in [-0.15, -0.1) is 0 Å². The molecule has 2 heteroatoms. The van der Waals surface area contributed by atoms with Gasteiger partial charge in [-0.2, -0.15) is 0 Å². The maximum absolute atomic E-state index is 12.6. The van der Waals surface area contributed by atoms with Crippen LogP contribution in [-0.4, -0.2) is 11.3 Å². The van der Waals surface area contributed by atoms with E-state index in [1.54, 1.807) is 0 Å². The topological polar surface area (TPSA) is 43.1 Å². The minimum Gasteiger partial charge on any atom is -0.325 e. The maximum atomic E-state index is 12.6. The van der Waals surface area contributed by atoms with E-state index in [9.17, 15) is 4.79 Å². The van der Waals surface area contributed by atoms with Crippen molar-refractivity contribution in [3.63, 3.8) is 0 Å². The number of carbonyl (C=O) groups excluding carboxylic acids is 1. The Morgan fingerprint density at radius 3 is 2.33 bits per heavy atom. The molecule has 0 aromatic heterocycles. The number of ketones is 1. The lowest BCUT2D eigenvalue weighted by molar-refractivity contribution is 0.0735. The number of hydrogen-bond donors (Lipinski definition) is 1. The molecule has 2 nitrogen and oxygen atoms in total. The van der Waals surface area contributed by atoms with Crippen LogP contribution in [0.3, 0.4) is 0 Å². The van der Waals surface area contributed by atoms with Crippen LogP contribution in [0.15, 0.2) is 24.3 Å². The van der Waals surface area contributed by atoms with Gasteiger partial charge in [-0.25, -0.2) is 0 Å². The van der Waals surface area contributed by atoms with Gasteiger partial charge in [0.2, 0.25) is 0 Å². The van der Waals surface area contributed by atoms with E-state index in [4.69, 9.17) is 5.73 Å². The Labute approximate surface area is 111 Å². The molecule has 0 bridgehead atoms. The van der Waals surface area contributed by atoms with Crippen LogP contribution in [-0.2, 0) is 6.42 Å². The van der Waals surface area contributed by atoms with E-state index < -0.39 is 11.0 Å². The molecule has 0 fully saturated rings. The van der Waals surface area contributed by atoms with E-state index >= 15 is 0 Å². The fraction of sp³-hybridized carbons (Fsp3) is 0.562. The van der Waals surface area contributed by atoms with Gasteiger partial charge in [-0.05, 0) is 31.9 Å². The standard InChI is InChI=1S/C16H25NO/c1-6-8-12-9-7-10-13(11-12)14(18)15(2,3)16(4,5)17/h7,9-11H,6,8,17H2,1-5H3. The van der Waals surface area contributed by atoms with Crippen molar-refractivity contribution in [2.24, 2.45) is 11.1 Å². The minimum atomic E-state index is -0.572. The zero-order valence-corrected chi connectivity index (χ0v) is 12.2. The quantitative estimate of drug-likeness (QED) is 0.808. The molecule has 1 aromatic rings. The number of hydrogen-bond acceptors (Lipinski definition) is 2. The maximum Gasteiger partial charge on any atom is 0.170 e. The highest BCUT2D eigenvalue weighted by molar-refractivity contribution is 6.01. The number of benzene rings is 1. The van der Waals surface area contributed by atoms with Gasteiger partial charge >= 0.3 is 0 Å². The Balaban J connectivity index is 3.08. The smallest absolute Gasteiger partial charge is 0.170 e. The summed E-state index contributed by atoms with van der Waals surface area (Å²) in [6, 6.07) is 7.91. The molecule has 100 valence electrons. The Morgan fingerprint density at radius 2 is 1.83 bits per heavy atom. The van der Waals surface area contributed by atoms with E-state index in [1.807, 2.05) is 45.9 Å². The van der Waals surface area contributed by atoms with Crippen molar-refractivity contribution in [3.8, 4) is 0 Å². The average molecular weight is 247 g/mol. The van der Waals surface area contributed by atoms with Crippen LogP contribution in [0.25, 0.3) is 0 Å². The van der Waals surface area contributed by atoms with Crippen LogP contribution < -0.4 is 5.73 Å². The third-order valence-electron chi connectivity index (χ3n) is 3.91. The van der Waals surface area contributed by atoms with Gasteiger partial charge in [0.25, 0.3) is 0 Å². The summed E-state index contributed by atoms with van der Waals surface area (Å²) in [6.45, 7) is 9.78. The molecule has 18 heavy (non-hydrogen) atoms. The zero-order chi connectivity index (χ0) is 14.0. The molecule has 0 spiro atoms. The third kappa shape index (κ3) is 2.99. The minimum absolute atomic E-state index is 0.118. The second kappa shape index (κ2) is 5.23. The fourth-order valence-corrected chi connectivity index (χ4v) is 1.81. The molecular formula is C16H25NO. The molecule has 1 aromatic carbocycles. The lowest BCUT2D eigenvalue weighted by Gasteiger charge is -2.37. The van der Waals surface area contributed by atoms with Crippen LogP contribution in [0, 0.1) is 5.41 Å². The van der Waals surface area contributed by atoms with E-state index in [0.717, 1.165) is 18.4 Å². The van der Waals surface area contributed by atoms with Gasteiger partial charge in [-0.1, -0.05) is 45.4 Å². The van der Waals surface area contributed by atoms with Crippen LogP contribution in [0.2, 0.25) is 0 Å². The van der Waals surface area contributed by atoms with Gasteiger partial charge < -0.3 is 5.73 Å². The summed E-state index contributed by atoms with van der Waals surface area (Å²) in [6.07, 6.45) is 2.09. The Bertz CT molecular complexity index is 427. The Kier molecular flexibility index (Phi) is 4.33. The van der Waals surface area contributed by atoms with Crippen molar-refractivity contribution in [2.75, 3.05) is 0 Å². The van der Waals surface area contributed by atoms with Gasteiger partial charge in [0.1, 0.15) is 0 Å². The van der Waals surface area contributed by atoms with Gasteiger partial charge in [0.15, 0.2) is 5.78 Å². The average Bonchev–Trinajstić information content (AvgIpc) is 2.27. The SMILES string of the molecule is CCCc1cccc(C(=O)C(C)(C)C(C)(C)N)c1. The highest BCUT2D eigenvalue weighted by Crippen LogP contribution is 2.32. The number of aryl methyl sites for hydroxylation is 1. The molecule has 2 N–H and O–H groups in total. The van der Waals surface area contributed by atoms with Crippen LogP contribution >= 0.6 is 0 Å². The molecule has 0 radical (unpaired) electrons. The summed E-state index contributed by atoms with van der Waals surface area (Å²) < 4.78 is 0. The van der Waals surface area contributed by atoms with Crippen molar-refractivity contribution in [2.45, 2.75) is 53.0 Å². The van der Waals surface area contributed by atoms with E-state index in [2.05, 4.69) is 13.0 Å². The number of nitrogens with two attached hydrogens (primary N) is 1. The summed E-state index contributed by atoms with van der Waals surface area (Å²) in [5.41, 5.74) is 7.00. The van der Waals surface area contributed by atoms with Crippen LogP contribution in [0.1, 0.15) is 57.0 Å². The summed E-state index contributed by atoms with van der Waals surface area (Å²) in [5.74, 6) is 0.118. The van der Waals surface area contributed by atoms with E-state index in [0.29, 0.717) is 0 Å². The number of Topliss-reactive ketones (excluding diaryl/α,β-unsaturated/α-hetero) is 1. The summed E-state index contributed by atoms with van der Waals surface area (Å²) >= 11 is 0. The number of carbonyl (C=O) groups is 1. The molecule has 0 heterocycles. The molecule has 0 aliphatic carbocycles. The van der Waals surface area contributed by atoms with E-state index in [-0.39, 0.29) is 5.78 Å². The predicted octanol–water partition coefficient (Wildman–Crippen LogP) is 3.59. The normalized spacial score (nSPS) is 12.6. The van der Waals surface area contributed by atoms with Gasteiger partial charge in [0, 0.05) is 16.5 Å². The number of rotatable bonds is 5. The Morgan fingerprint density at radius 1 is 1.22 bits per heavy atom. The lowest BCUT2D eigenvalue weighted by Crippen LogP contribution is -2.51. The first kappa shape index (κ1) is 14.9. The first-order valence-electron chi connectivity index (χ1n) is 6.62.